The second-order valence-corrected chi connectivity index (χ2v) is 5.70. The van der Waals surface area contributed by atoms with Gasteiger partial charge >= 0.3 is 5.97 Å². The largest absolute Gasteiger partial charge is 0.481 e. The number of hydrogen-bond acceptors (Lipinski definition) is 4. The molecule has 0 bridgehead atoms. The van der Waals surface area contributed by atoms with Crippen LogP contribution in [0.2, 0.25) is 0 Å². The van der Waals surface area contributed by atoms with Crippen LogP contribution in [-0.2, 0) is 9.53 Å². The van der Waals surface area contributed by atoms with Crippen LogP contribution in [0.3, 0.4) is 0 Å². The van der Waals surface area contributed by atoms with Gasteiger partial charge in [-0.3, -0.25) is 14.4 Å². The summed E-state index contributed by atoms with van der Waals surface area (Å²) < 4.78 is 5.26. The third kappa shape index (κ3) is 3.09. The number of fused-ring (bicyclic) bond motifs is 1. The Morgan fingerprint density at radius 3 is 2.83 bits per heavy atom. The zero-order valence-electron chi connectivity index (χ0n) is 12.3. The van der Waals surface area contributed by atoms with E-state index in [-0.39, 0.29) is 24.2 Å². The van der Waals surface area contributed by atoms with Crippen LogP contribution in [0.4, 0.5) is 0 Å². The van der Waals surface area contributed by atoms with Crippen LogP contribution >= 0.6 is 0 Å². The molecule has 1 aromatic carbocycles. The first-order valence-corrected chi connectivity index (χ1v) is 7.23. The Balaban J connectivity index is 1.97. The minimum Gasteiger partial charge on any atom is -0.481 e. The Labute approximate surface area is 131 Å². The van der Waals surface area contributed by atoms with Gasteiger partial charge in [0.25, 0.3) is 5.91 Å². The first-order chi connectivity index (χ1) is 11.0. The molecule has 1 aromatic heterocycles. The summed E-state index contributed by atoms with van der Waals surface area (Å²) in [6.07, 6.45) is 0.200. The molecule has 7 heteroatoms. The number of benzene rings is 1. The van der Waals surface area contributed by atoms with Crippen molar-refractivity contribution >= 4 is 22.8 Å². The molecule has 0 aliphatic carbocycles. The van der Waals surface area contributed by atoms with E-state index >= 15 is 0 Å². The Kier molecular flexibility index (Phi) is 3.87. The maximum absolute atomic E-state index is 12.6. The molecule has 0 spiro atoms. The first-order valence-electron chi connectivity index (χ1n) is 7.23. The van der Waals surface area contributed by atoms with Crippen LogP contribution in [0, 0.1) is 0 Å². The zero-order valence-corrected chi connectivity index (χ0v) is 12.3. The second-order valence-electron chi connectivity index (χ2n) is 5.70. The molecule has 1 aliphatic heterocycles. The average molecular weight is 316 g/mol. The van der Waals surface area contributed by atoms with Gasteiger partial charge in [0.1, 0.15) is 0 Å². The number of H-pyrrole nitrogens is 1. The van der Waals surface area contributed by atoms with E-state index in [1.54, 1.807) is 24.3 Å². The Bertz CT molecular complexity index is 821. The fraction of sp³-hybridized carbons (Fsp3) is 0.312. The van der Waals surface area contributed by atoms with Crippen molar-refractivity contribution in [2.24, 2.45) is 0 Å². The van der Waals surface area contributed by atoms with E-state index in [2.05, 4.69) is 10.3 Å². The highest BCUT2D eigenvalue weighted by atomic mass is 16.5. The third-order valence-electron chi connectivity index (χ3n) is 3.97. The molecule has 1 aliphatic rings. The fourth-order valence-electron chi connectivity index (χ4n) is 2.88. The van der Waals surface area contributed by atoms with Crippen molar-refractivity contribution in [2.45, 2.75) is 18.4 Å². The summed E-state index contributed by atoms with van der Waals surface area (Å²) >= 11 is 0. The molecular weight excluding hydrogens is 300 g/mol. The average Bonchev–Trinajstić information content (AvgIpc) is 2.93. The van der Waals surface area contributed by atoms with Gasteiger partial charge in [-0.15, -0.1) is 0 Å². The van der Waals surface area contributed by atoms with E-state index in [0.29, 0.717) is 23.9 Å². The van der Waals surface area contributed by atoms with E-state index in [9.17, 15) is 14.4 Å². The van der Waals surface area contributed by atoms with Gasteiger partial charge in [0.2, 0.25) is 5.56 Å². The van der Waals surface area contributed by atoms with Crippen LogP contribution in [0.1, 0.15) is 23.2 Å². The lowest BCUT2D eigenvalue weighted by atomic mass is 9.93. The highest BCUT2D eigenvalue weighted by Gasteiger charge is 2.39. The monoisotopic (exact) mass is 316 g/mol. The molecular formula is C16H16N2O5. The number of para-hydroxylation sites is 1. The number of aliphatic carboxylic acids is 1. The van der Waals surface area contributed by atoms with Crippen LogP contribution < -0.4 is 10.9 Å². The highest BCUT2D eigenvalue weighted by molar-refractivity contribution is 6.06. The van der Waals surface area contributed by atoms with Gasteiger partial charge < -0.3 is 20.1 Å². The van der Waals surface area contributed by atoms with Crippen LogP contribution in [0.5, 0.6) is 0 Å². The summed E-state index contributed by atoms with van der Waals surface area (Å²) in [6.45, 7) is 0.538. The minimum absolute atomic E-state index is 0.145. The van der Waals surface area contributed by atoms with Crippen molar-refractivity contribution in [3.63, 3.8) is 0 Å². The number of aromatic nitrogens is 1. The Morgan fingerprint density at radius 2 is 2.13 bits per heavy atom. The highest BCUT2D eigenvalue weighted by Crippen LogP contribution is 2.24. The van der Waals surface area contributed by atoms with Crippen LogP contribution in [0.15, 0.2) is 35.1 Å². The Hall–Kier alpha value is -2.67. The molecule has 120 valence electrons. The van der Waals surface area contributed by atoms with E-state index in [1.165, 1.54) is 6.07 Å². The van der Waals surface area contributed by atoms with E-state index in [0.717, 1.165) is 0 Å². The molecule has 1 atom stereocenters. The molecule has 2 aromatic rings. The number of carboxylic acid groups (broad SMARTS) is 1. The molecule has 1 unspecified atom stereocenters. The van der Waals surface area contributed by atoms with E-state index < -0.39 is 17.4 Å². The van der Waals surface area contributed by atoms with Crippen molar-refractivity contribution in [2.75, 3.05) is 13.2 Å². The molecule has 7 nitrogen and oxygen atoms in total. The lowest BCUT2D eigenvalue weighted by Gasteiger charge is -2.27. The summed E-state index contributed by atoms with van der Waals surface area (Å²) in [6, 6.07) is 8.19. The molecule has 3 N–H and O–H groups in total. The normalized spacial score (nSPS) is 20.5. The van der Waals surface area contributed by atoms with Crippen LogP contribution in [0.25, 0.3) is 10.9 Å². The lowest BCUT2D eigenvalue weighted by Crippen LogP contribution is -2.50. The summed E-state index contributed by atoms with van der Waals surface area (Å²) in [5.74, 6) is -1.48. The Morgan fingerprint density at radius 1 is 1.35 bits per heavy atom. The predicted molar refractivity (Wildman–Crippen MR) is 82.5 cm³/mol. The van der Waals surface area contributed by atoms with Crippen molar-refractivity contribution < 1.29 is 19.4 Å². The molecule has 1 fully saturated rings. The van der Waals surface area contributed by atoms with Gasteiger partial charge in [0.15, 0.2) is 0 Å². The van der Waals surface area contributed by atoms with Gasteiger partial charge in [0, 0.05) is 23.6 Å². The first kappa shape index (κ1) is 15.2. The van der Waals surface area contributed by atoms with E-state index in [4.69, 9.17) is 9.84 Å². The number of rotatable bonds is 4. The third-order valence-corrected chi connectivity index (χ3v) is 3.97. The topological polar surface area (TPSA) is 108 Å². The zero-order chi connectivity index (χ0) is 16.4. The number of carboxylic acids is 1. The quantitative estimate of drug-likeness (QED) is 0.776. The molecule has 23 heavy (non-hydrogen) atoms. The number of ether oxygens (including phenoxy) is 1. The molecule has 0 radical (unpaired) electrons. The van der Waals surface area contributed by atoms with Gasteiger partial charge in [-0.05, 0) is 12.5 Å². The van der Waals surface area contributed by atoms with Crippen LogP contribution in [-0.4, -0.2) is 40.7 Å². The molecule has 3 rings (SSSR count). The lowest BCUT2D eigenvalue weighted by molar-refractivity contribution is -0.138. The maximum atomic E-state index is 12.6. The van der Waals surface area contributed by atoms with Crippen molar-refractivity contribution in [3.8, 4) is 0 Å². The number of pyridine rings is 1. The molecule has 2 heterocycles. The smallest absolute Gasteiger partial charge is 0.305 e. The fourth-order valence-corrected chi connectivity index (χ4v) is 2.88. The SMILES string of the molecule is O=C(O)CC1(NC(=O)c2cc(=O)[nH]c3ccccc23)CCOC1. The maximum Gasteiger partial charge on any atom is 0.305 e. The molecule has 0 saturated carbocycles. The van der Waals surface area contributed by atoms with E-state index in [1.807, 2.05) is 0 Å². The molecule has 1 amide bonds. The number of hydrogen-bond donors (Lipinski definition) is 3. The second kappa shape index (κ2) is 5.85. The van der Waals surface area contributed by atoms with Crippen molar-refractivity contribution in [3.05, 3.63) is 46.2 Å². The van der Waals surface area contributed by atoms with Gasteiger partial charge in [-0.2, -0.15) is 0 Å². The summed E-state index contributed by atoms with van der Waals surface area (Å²) in [7, 11) is 0. The number of aromatic amines is 1. The van der Waals surface area contributed by atoms with Crippen molar-refractivity contribution in [1.82, 2.24) is 10.3 Å². The van der Waals surface area contributed by atoms with Gasteiger partial charge in [0.05, 0.1) is 24.1 Å². The predicted octanol–water partition coefficient (Wildman–Crippen LogP) is 0.892. The number of nitrogens with one attached hydrogen (secondary N) is 2. The standard InChI is InChI=1S/C16H16N2O5/c19-13-7-11(10-3-1-2-4-12(10)17-13)15(22)18-16(8-14(20)21)5-6-23-9-16/h1-4,7H,5-6,8-9H2,(H,17,19)(H,18,22)(H,20,21). The molecule has 1 saturated heterocycles. The number of amides is 1. The minimum atomic E-state index is -1.01. The van der Waals surface area contributed by atoms with Gasteiger partial charge in [-0.1, -0.05) is 18.2 Å². The summed E-state index contributed by atoms with van der Waals surface area (Å²) in [5, 5.41) is 12.4. The van der Waals surface area contributed by atoms with Gasteiger partial charge in [-0.25, -0.2) is 0 Å². The summed E-state index contributed by atoms with van der Waals surface area (Å²) in [4.78, 5) is 38.1. The number of carbonyl (C=O) groups excluding carboxylic acids is 1. The van der Waals surface area contributed by atoms with Crippen molar-refractivity contribution in [1.29, 1.82) is 0 Å². The number of carbonyl (C=O) groups is 2. The summed E-state index contributed by atoms with van der Waals surface area (Å²) in [5.41, 5.74) is -0.544.